The molecule has 0 heterocycles. The van der Waals surface area contributed by atoms with Gasteiger partial charge in [-0.25, -0.2) is 0 Å². The Morgan fingerprint density at radius 2 is 2.07 bits per heavy atom. The van der Waals surface area contributed by atoms with Crippen LogP contribution in [0.15, 0.2) is 36.4 Å². The molecule has 0 amide bonds. The van der Waals surface area contributed by atoms with Gasteiger partial charge in [0, 0.05) is 10.6 Å². The molecule has 1 aliphatic rings. The molecule has 4 heteroatoms. The van der Waals surface area contributed by atoms with Crippen molar-refractivity contribution in [3.8, 4) is 0 Å². The molecular formula is C11H10ClNO2. The van der Waals surface area contributed by atoms with E-state index in [0.29, 0.717) is 10.6 Å². The lowest BCUT2D eigenvalue weighted by molar-refractivity contribution is -0.121. The van der Waals surface area contributed by atoms with E-state index < -0.39 is 11.6 Å². The number of carbonyl (C=O) groups is 1. The van der Waals surface area contributed by atoms with Crippen LogP contribution < -0.4 is 5.73 Å². The van der Waals surface area contributed by atoms with Crippen LogP contribution in [0.5, 0.6) is 0 Å². The van der Waals surface area contributed by atoms with Gasteiger partial charge < -0.3 is 10.8 Å². The number of carbonyl (C=O) groups excluding carboxylic acids is 1. The molecule has 78 valence electrons. The van der Waals surface area contributed by atoms with Crippen molar-refractivity contribution in [2.24, 2.45) is 5.73 Å². The lowest BCUT2D eigenvalue weighted by Crippen LogP contribution is -2.50. The predicted molar refractivity (Wildman–Crippen MR) is 57.5 cm³/mol. The fraction of sp³-hybridized carbons (Fsp3) is 0.182. The lowest BCUT2D eigenvalue weighted by atomic mass is 9.86. The summed E-state index contributed by atoms with van der Waals surface area (Å²) in [6, 6.07) is 6.77. The summed E-state index contributed by atoms with van der Waals surface area (Å²) in [7, 11) is 0. The normalized spacial score (nSPS) is 29.8. The summed E-state index contributed by atoms with van der Waals surface area (Å²) < 4.78 is 0. The van der Waals surface area contributed by atoms with Crippen molar-refractivity contribution in [1.82, 2.24) is 0 Å². The van der Waals surface area contributed by atoms with Gasteiger partial charge in [0.05, 0.1) is 0 Å². The highest BCUT2D eigenvalue weighted by Crippen LogP contribution is 2.33. The zero-order valence-electron chi connectivity index (χ0n) is 7.85. The highest BCUT2D eigenvalue weighted by atomic mass is 35.5. The van der Waals surface area contributed by atoms with Gasteiger partial charge in [-0.15, -0.1) is 0 Å². The van der Waals surface area contributed by atoms with E-state index >= 15 is 0 Å². The number of aliphatic hydroxyl groups excluding tert-OH is 1. The molecule has 0 aromatic heterocycles. The second kappa shape index (κ2) is 3.45. The van der Waals surface area contributed by atoms with Gasteiger partial charge in [-0.1, -0.05) is 29.8 Å². The highest BCUT2D eigenvalue weighted by Gasteiger charge is 2.45. The Morgan fingerprint density at radius 1 is 1.40 bits per heavy atom. The van der Waals surface area contributed by atoms with E-state index in [0.717, 1.165) is 0 Å². The van der Waals surface area contributed by atoms with Gasteiger partial charge in [0.1, 0.15) is 11.6 Å². The Kier molecular flexibility index (Phi) is 2.38. The predicted octanol–water partition coefficient (Wildman–Crippen LogP) is 0.994. The monoisotopic (exact) mass is 223 g/mol. The quantitative estimate of drug-likeness (QED) is 0.747. The molecule has 0 saturated heterocycles. The van der Waals surface area contributed by atoms with Crippen molar-refractivity contribution in [2.75, 3.05) is 0 Å². The van der Waals surface area contributed by atoms with Crippen LogP contribution in [0.2, 0.25) is 5.02 Å². The molecule has 0 radical (unpaired) electrons. The fourth-order valence-electron chi connectivity index (χ4n) is 1.70. The molecule has 2 atom stereocenters. The van der Waals surface area contributed by atoms with Crippen molar-refractivity contribution in [1.29, 1.82) is 0 Å². The Balaban J connectivity index is 2.56. The van der Waals surface area contributed by atoms with E-state index in [1.54, 1.807) is 24.3 Å². The summed E-state index contributed by atoms with van der Waals surface area (Å²) >= 11 is 5.95. The molecule has 15 heavy (non-hydrogen) atoms. The zero-order chi connectivity index (χ0) is 11.1. The molecule has 0 saturated carbocycles. The minimum absolute atomic E-state index is 0.330. The van der Waals surface area contributed by atoms with Crippen LogP contribution in [-0.4, -0.2) is 17.0 Å². The maximum Gasteiger partial charge on any atom is 0.182 e. The van der Waals surface area contributed by atoms with E-state index in [1.165, 1.54) is 12.2 Å². The molecule has 1 aliphatic carbocycles. The first-order chi connectivity index (χ1) is 7.06. The largest absolute Gasteiger partial charge is 0.386 e. The SMILES string of the molecule is N[C@@]1(c2ccccc2Cl)C(=O)C=C[C@H]1O. The first kappa shape index (κ1) is 10.4. The van der Waals surface area contributed by atoms with Crippen molar-refractivity contribution >= 4 is 17.4 Å². The van der Waals surface area contributed by atoms with E-state index in [9.17, 15) is 9.90 Å². The molecule has 0 bridgehead atoms. The number of halogens is 1. The average molecular weight is 224 g/mol. The smallest absolute Gasteiger partial charge is 0.182 e. The number of nitrogens with two attached hydrogens (primary N) is 1. The number of benzene rings is 1. The first-order valence-electron chi connectivity index (χ1n) is 4.51. The molecule has 0 fully saturated rings. The Hall–Kier alpha value is -1.16. The zero-order valence-corrected chi connectivity index (χ0v) is 8.61. The molecule has 3 N–H and O–H groups in total. The third-order valence-electron chi connectivity index (χ3n) is 2.62. The van der Waals surface area contributed by atoms with Gasteiger partial charge in [-0.3, -0.25) is 4.79 Å². The summed E-state index contributed by atoms with van der Waals surface area (Å²) in [5.41, 5.74) is 4.94. The summed E-state index contributed by atoms with van der Waals surface area (Å²) in [6.07, 6.45) is 1.64. The van der Waals surface area contributed by atoms with E-state index in [2.05, 4.69) is 0 Å². The van der Waals surface area contributed by atoms with E-state index in [4.69, 9.17) is 17.3 Å². The van der Waals surface area contributed by atoms with Gasteiger partial charge in [0.25, 0.3) is 0 Å². The van der Waals surface area contributed by atoms with Gasteiger partial charge in [-0.2, -0.15) is 0 Å². The van der Waals surface area contributed by atoms with Crippen LogP contribution in [-0.2, 0) is 10.3 Å². The lowest BCUT2D eigenvalue weighted by Gasteiger charge is -2.27. The topological polar surface area (TPSA) is 63.3 Å². The maximum absolute atomic E-state index is 11.6. The molecule has 2 rings (SSSR count). The number of ketones is 1. The maximum atomic E-state index is 11.6. The summed E-state index contributed by atoms with van der Waals surface area (Å²) in [4.78, 5) is 11.6. The van der Waals surface area contributed by atoms with Gasteiger partial charge in [0.2, 0.25) is 0 Å². The second-order valence-electron chi connectivity index (χ2n) is 3.52. The van der Waals surface area contributed by atoms with Crippen molar-refractivity contribution in [3.05, 3.63) is 47.0 Å². The number of aliphatic hydroxyl groups is 1. The molecule has 0 spiro atoms. The van der Waals surface area contributed by atoms with Crippen LogP contribution in [0.25, 0.3) is 0 Å². The second-order valence-corrected chi connectivity index (χ2v) is 3.92. The standard InChI is InChI=1S/C11H10ClNO2/c12-8-4-2-1-3-7(8)11(13)9(14)5-6-10(11)15/h1-6,9,14H,13H2/t9-,11-/m1/s1. The molecule has 1 aromatic carbocycles. The highest BCUT2D eigenvalue weighted by molar-refractivity contribution is 6.32. The third kappa shape index (κ3) is 1.40. The van der Waals surface area contributed by atoms with Crippen LogP contribution >= 0.6 is 11.6 Å². The van der Waals surface area contributed by atoms with Crippen molar-refractivity contribution < 1.29 is 9.90 Å². The molecular weight excluding hydrogens is 214 g/mol. The van der Waals surface area contributed by atoms with Crippen LogP contribution in [0.3, 0.4) is 0 Å². The van der Waals surface area contributed by atoms with Crippen LogP contribution in [0.4, 0.5) is 0 Å². The van der Waals surface area contributed by atoms with Gasteiger partial charge >= 0.3 is 0 Å². The van der Waals surface area contributed by atoms with Crippen LogP contribution in [0, 0.1) is 0 Å². The molecule has 0 aliphatic heterocycles. The molecule has 0 unspecified atom stereocenters. The van der Waals surface area contributed by atoms with Crippen molar-refractivity contribution in [2.45, 2.75) is 11.6 Å². The fourth-order valence-corrected chi connectivity index (χ4v) is 1.99. The Labute approximate surface area is 92.2 Å². The summed E-state index contributed by atoms with van der Waals surface area (Å²) in [6.45, 7) is 0. The minimum Gasteiger partial charge on any atom is -0.386 e. The summed E-state index contributed by atoms with van der Waals surface area (Å²) in [5, 5.41) is 10.1. The van der Waals surface area contributed by atoms with Gasteiger partial charge in [0.15, 0.2) is 5.78 Å². The number of hydrogen-bond donors (Lipinski definition) is 2. The number of hydrogen-bond acceptors (Lipinski definition) is 3. The van der Waals surface area contributed by atoms with E-state index in [-0.39, 0.29) is 5.78 Å². The Bertz CT molecular complexity index is 444. The first-order valence-corrected chi connectivity index (χ1v) is 4.89. The number of rotatable bonds is 1. The average Bonchev–Trinajstić information content (AvgIpc) is 2.48. The Morgan fingerprint density at radius 3 is 2.60 bits per heavy atom. The molecule has 3 nitrogen and oxygen atoms in total. The molecule has 1 aromatic rings. The van der Waals surface area contributed by atoms with Gasteiger partial charge in [-0.05, 0) is 18.2 Å². The summed E-state index contributed by atoms with van der Waals surface area (Å²) in [5.74, 6) is -0.330. The van der Waals surface area contributed by atoms with Crippen molar-refractivity contribution in [3.63, 3.8) is 0 Å². The van der Waals surface area contributed by atoms with Crippen LogP contribution in [0.1, 0.15) is 5.56 Å². The minimum atomic E-state index is -1.43. The van der Waals surface area contributed by atoms with E-state index in [1.807, 2.05) is 0 Å². The third-order valence-corrected chi connectivity index (χ3v) is 2.95.